The van der Waals surface area contributed by atoms with E-state index in [4.69, 9.17) is 9.47 Å². The number of aromatic nitrogens is 3. The van der Waals surface area contributed by atoms with E-state index < -0.39 is 41.2 Å². The highest BCUT2D eigenvalue weighted by atomic mass is 32.2. The van der Waals surface area contributed by atoms with Gasteiger partial charge in [-0.2, -0.15) is 0 Å². The maximum Gasteiger partial charge on any atom is 0.312 e. The first-order valence-electron chi connectivity index (χ1n) is 24.5. The van der Waals surface area contributed by atoms with Crippen molar-refractivity contribution >= 4 is 53.9 Å². The normalized spacial score (nSPS) is 23.7. The monoisotopic (exact) mass is 977 g/mol. The first-order chi connectivity index (χ1) is 33.4. The molecule has 11 rings (SSSR count). The van der Waals surface area contributed by atoms with E-state index >= 15 is 0 Å². The minimum Gasteiger partial charge on any atom is -0.455 e. The van der Waals surface area contributed by atoms with Crippen molar-refractivity contribution in [2.75, 3.05) is 54.5 Å². The Labute approximate surface area is 402 Å². The molecule has 2 aromatic carbocycles. The second-order valence-corrected chi connectivity index (χ2v) is 24.3. The third kappa shape index (κ3) is 9.66. The lowest BCUT2D eigenvalue weighted by molar-refractivity contribution is -0.384. The zero-order valence-corrected chi connectivity index (χ0v) is 40.2. The lowest BCUT2D eigenvalue weighted by atomic mass is 9.59. The van der Waals surface area contributed by atoms with Crippen LogP contribution in [0.5, 0.6) is 11.5 Å². The van der Waals surface area contributed by atoms with Crippen molar-refractivity contribution in [2.24, 2.45) is 9.78 Å². The van der Waals surface area contributed by atoms with Crippen LogP contribution in [0, 0.1) is 15.5 Å². The number of H-pyrrole nitrogens is 1. The molecule has 1 amide bonds. The Morgan fingerprint density at radius 1 is 0.957 bits per heavy atom. The molecule has 69 heavy (non-hydrogen) atoms. The van der Waals surface area contributed by atoms with Gasteiger partial charge in [-0.15, -0.1) is 0 Å². The van der Waals surface area contributed by atoms with E-state index in [1.807, 2.05) is 12.1 Å². The molecule has 0 radical (unpaired) electrons. The molecule has 3 aromatic heterocycles. The minimum absolute atomic E-state index is 0.0476. The number of anilines is 2. The second kappa shape index (κ2) is 18.6. The van der Waals surface area contributed by atoms with Crippen LogP contribution in [0.15, 0.2) is 88.5 Å². The molecule has 4 saturated heterocycles. The summed E-state index contributed by atoms with van der Waals surface area (Å²) in [7, 11) is -6.82. The van der Waals surface area contributed by atoms with Gasteiger partial charge in [0.1, 0.15) is 22.0 Å². The second-order valence-electron chi connectivity index (χ2n) is 20.0. The summed E-state index contributed by atoms with van der Waals surface area (Å²) >= 11 is 0. The largest absolute Gasteiger partial charge is 0.455 e. The van der Waals surface area contributed by atoms with Crippen molar-refractivity contribution in [3.63, 3.8) is 0 Å². The van der Waals surface area contributed by atoms with E-state index in [9.17, 15) is 27.5 Å². The number of benzene rings is 2. The lowest BCUT2D eigenvalue weighted by Crippen LogP contribution is -2.54. The zero-order valence-electron chi connectivity index (χ0n) is 38.6. The van der Waals surface area contributed by atoms with Gasteiger partial charge in [0.25, 0.3) is 15.9 Å². The van der Waals surface area contributed by atoms with Crippen LogP contribution in [0.4, 0.5) is 17.2 Å². The number of nitro groups is 1. The molecular weight excluding hydrogens is 919 g/mol. The molecule has 6 aliphatic rings. The molecule has 3 atom stereocenters. The quantitative estimate of drug-likeness (QED) is 0.0704. The third-order valence-electron chi connectivity index (χ3n) is 15.4. The van der Waals surface area contributed by atoms with Gasteiger partial charge in [-0.3, -0.25) is 19.8 Å². The van der Waals surface area contributed by atoms with Gasteiger partial charge in [0.05, 0.1) is 41.6 Å². The highest BCUT2D eigenvalue weighted by Crippen LogP contribution is 2.55. The number of amides is 1. The Kier molecular flexibility index (Phi) is 12.3. The molecular formula is C50H59N9O8S2. The highest BCUT2D eigenvalue weighted by Gasteiger charge is 2.50. The number of carbonyl (C=O) groups is 1. The van der Waals surface area contributed by atoms with Crippen LogP contribution in [0.2, 0.25) is 0 Å². The van der Waals surface area contributed by atoms with Crippen molar-refractivity contribution in [3.05, 3.63) is 106 Å². The summed E-state index contributed by atoms with van der Waals surface area (Å²) in [6.45, 7) is 3.32. The number of carbonyl (C=O) groups excluding carboxylic acids is 1. The van der Waals surface area contributed by atoms with E-state index in [-0.39, 0.29) is 35.8 Å². The lowest BCUT2D eigenvalue weighted by Gasteiger charge is -2.56. The van der Waals surface area contributed by atoms with Gasteiger partial charge in [-0.05, 0) is 130 Å². The van der Waals surface area contributed by atoms with Crippen LogP contribution in [-0.4, -0.2) is 106 Å². The van der Waals surface area contributed by atoms with Gasteiger partial charge >= 0.3 is 5.69 Å². The summed E-state index contributed by atoms with van der Waals surface area (Å²) in [6.07, 6.45) is 16.7. The van der Waals surface area contributed by atoms with Gasteiger partial charge in [-0.25, -0.2) is 31.7 Å². The van der Waals surface area contributed by atoms with Gasteiger partial charge in [0.15, 0.2) is 0 Å². The van der Waals surface area contributed by atoms with Crippen molar-refractivity contribution < 1.29 is 31.8 Å². The Balaban J connectivity index is 0.760. The summed E-state index contributed by atoms with van der Waals surface area (Å²) in [5.74, 6) is 1.36. The number of piperidine rings is 1. The van der Waals surface area contributed by atoms with Gasteiger partial charge in [0.2, 0.25) is 5.82 Å². The van der Waals surface area contributed by atoms with Crippen LogP contribution < -0.4 is 19.7 Å². The van der Waals surface area contributed by atoms with Gasteiger partial charge < -0.3 is 24.7 Å². The van der Waals surface area contributed by atoms with Gasteiger partial charge in [-0.1, -0.05) is 24.3 Å². The summed E-state index contributed by atoms with van der Waals surface area (Å²) in [5.41, 5.74) is 4.30. The van der Waals surface area contributed by atoms with Gasteiger partial charge in [0, 0.05) is 82.4 Å². The van der Waals surface area contributed by atoms with Crippen molar-refractivity contribution in [1.82, 2.24) is 24.6 Å². The average Bonchev–Trinajstić information content (AvgIpc) is 3.64. The predicted molar refractivity (Wildman–Crippen MR) is 263 cm³/mol. The number of rotatable bonds is 14. The number of sulfonamides is 1. The van der Waals surface area contributed by atoms with Crippen molar-refractivity contribution in [3.8, 4) is 11.5 Å². The number of nitrogens with zero attached hydrogens (tertiary/aromatic N) is 6. The third-order valence-corrected chi connectivity index (χ3v) is 19.2. The Morgan fingerprint density at radius 2 is 1.75 bits per heavy atom. The number of likely N-dealkylation sites (tertiary alicyclic amines) is 1. The Bertz CT molecular complexity index is 2990. The van der Waals surface area contributed by atoms with E-state index in [1.54, 1.807) is 35.5 Å². The van der Waals surface area contributed by atoms with Crippen molar-refractivity contribution in [1.29, 1.82) is 0 Å². The molecule has 3 N–H and O–H groups in total. The fraction of sp³-hybridized carbons (Fsp3) is 0.500. The number of aromatic amines is 1. The summed E-state index contributed by atoms with van der Waals surface area (Å²) < 4.78 is 59.5. The van der Waals surface area contributed by atoms with E-state index in [0.717, 1.165) is 74.6 Å². The van der Waals surface area contributed by atoms with E-state index in [0.29, 0.717) is 59.8 Å². The number of pyridine rings is 2. The highest BCUT2D eigenvalue weighted by molar-refractivity contribution is 7.93. The number of ether oxygens (including phenoxy) is 2. The maximum atomic E-state index is 14.0. The van der Waals surface area contributed by atoms with Crippen LogP contribution >= 0.6 is 0 Å². The fourth-order valence-corrected chi connectivity index (χ4v) is 14.9. The summed E-state index contributed by atoms with van der Waals surface area (Å²) in [4.78, 5) is 41.7. The number of hydrogen-bond donors (Lipinski definition) is 3. The molecule has 4 aliphatic heterocycles. The minimum atomic E-state index is -4.66. The Hall–Kier alpha value is -5.63. The number of fused-ring (bicyclic) bond motifs is 1. The van der Waals surface area contributed by atoms with E-state index in [1.165, 1.54) is 44.7 Å². The first-order valence-corrected chi connectivity index (χ1v) is 27.9. The molecule has 2 saturated carbocycles. The topological polar surface area (TPSA) is 214 Å². The summed E-state index contributed by atoms with van der Waals surface area (Å²) in [5, 5.41) is 16.0. The molecule has 364 valence electrons. The molecule has 0 unspecified atom stereocenters. The molecule has 5 aromatic rings. The molecule has 1 spiro atoms. The molecule has 6 fully saturated rings. The predicted octanol–water partition coefficient (Wildman–Crippen LogP) is 8.46. The number of hydrogen-bond acceptors (Lipinski definition) is 14. The SMILES string of the molecule is O=C(NS(=O)(=O)c1cnc(NC[C@@H]2CC[C@@H](N=S3(=O)CCCC3)CO2)c([N+](=O)[O-])c1)c1ccc(N2CCC3(CC2)CC(N2CCC[C@@H]2c2ccccc2C2CC2)C3)cc1Oc1cnc2[nH]ccc2c1. The average molecular weight is 978 g/mol. The standard InChI is InChI=1S/C50H59N9O8S2/c60-49(56-69(64,65)40-26-45(59(61)62)48(54-31-40)53-29-38-13-11-35(32-66-38)55-68(63)22-3-4-23-68)43-14-12-36(25-46(43)67-39-24-34-15-18-51-47(34)52-30-39)57-20-16-50(17-21-57)27-37(28-50)58-19-5-8-44(58)42-7-2-1-6-41(42)33-9-10-33/h1-2,6-7,12,14-15,18,24-26,30-31,33,35,37-38,44H,3-5,8-11,13,16-17,19-23,27-29,32H2,(H,51,52)(H,53,54)(H,56,60)/t35-,38+,44-/m1/s1. The Morgan fingerprint density at radius 3 is 2.51 bits per heavy atom. The van der Waals surface area contributed by atoms with Crippen LogP contribution in [0.1, 0.15) is 110 Å². The number of nitrogens with one attached hydrogen (secondary N) is 3. The smallest absolute Gasteiger partial charge is 0.312 e. The fourth-order valence-electron chi connectivity index (χ4n) is 11.5. The zero-order chi connectivity index (χ0) is 47.3. The molecule has 19 heteroatoms. The van der Waals surface area contributed by atoms with Crippen LogP contribution in [-0.2, 0) is 24.5 Å². The molecule has 2 aliphatic carbocycles. The molecule has 17 nitrogen and oxygen atoms in total. The van der Waals surface area contributed by atoms with Crippen molar-refractivity contribution in [2.45, 2.75) is 112 Å². The molecule has 0 bridgehead atoms. The van der Waals surface area contributed by atoms with E-state index in [2.05, 4.69) is 63.4 Å². The van der Waals surface area contributed by atoms with Crippen LogP contribution in [0.3, 0.4) is 0 Å². The van der Waals surface area contributed by atoms with Crippen LogP contribution in [0.25, 0.3) is 11.0 Å². The first kappa shape index (κ1) is 45.8. The maximum absolute atomic E-state index is 14.0. The molecule has 7 heterocycles. The summed E-state index contributed by atoms with van der Waals surface area (Å²) in [6, 6.07) is 19.7.